The van der Waals surface area contributed by atoms with Crippen LogP contribution in [0.5, 0.6) is 5.75 Å². The molecule has 0 bridgehead atoms. The minimum atomic E-state index is 0.421. The van der Waals surface area contributed by atoms with Crippen LogP contribution in [-0.2, 0) is 4.79 Å². The van der Waals surface area contributed by atoms with Crippen molar-refractivity contribution in [1.82, 2.24) is 4.90 Å². The Hall–Kier alpha value is -2.53. The zero-order valence-electron chi connectivity index (χ0n) is 17.4. The first-order valence-corrected chi connectivity index (χ1v) is 10.6. The fourth-order valence-corrected chi connectivity index (χ4v) is 4.86. The van der Waals surface area contributed by atoms with Gasteiger partial charge in [0.25, 0.3) is 0 Å². The van der Waals surface area contributed by atoms with Gasteiger partial charge in [-0.15, -0.1) is 0 Å². The molecule has 2 aromatic rings. The second kappa shape index (κ2) is 8.87. The number of benzene rings is 2. The monoisotopic (exact) mass is 393 g/mol. The standard InChI is InChI=1S/C24H31N3O2/c1-18-7-9-19(10-8-18)29-16-4-12-26-13-11-23-21(17-26)20-5-3-6-22(25-2)24(20)27(23)14-15-28/h3,5-10,15,21,23,25H,4,11-14,16-17H2,1-2H3. The maximum atomic E-state index is 11.3. The van der Waals surface area contributed by atoms with E-state index in [1.807, 2.05) is 19.2 Å². The van der Waals surface area contributed by atoms with Crippen LogP contribution in [0.15, 0.2) is 42.5 Å². The van der Waals surface area contributed by atoms with Gasteiger partial charge in [0, 0.05) is 38.6 Å². The summed E-state index contributed by atoms with van der Waals surface area (Å²) in [4.78, 5) is 16.2. The van der Waals surface area contributed by atoms with Gasteiger partial charge >= 0.3 is 0 Å². The average Bonchev–Trinajstić information content (AvgIpc) is 3.06. The van der Waals surface area contributed by atoms with Crippen LogP contribution in [0.2, 0.25) is 0 Å². The third-order valence-corrected chi connectivity index (χ3v) is 6.26. The zero-order valence-corrected chi connectivity index (χ0v) is 17.4. The van der Waals surface area contributed by atoms with E-state index in [-0.39, 0.29) is 0 Å². The Labute approximate surface area is 173 Å². The second-order valence-electron chi connectivity index (χ2n) is 8.09. The number of aryl methyl sites for hydroxylation is 1. The van der Waals surface area contributed by atoms with Crippen LogP contribution in [0.4, 0.5) is 11.4 Å². The van der Waals surface area contributed by atoms with Gasteiger partial charge in [0.15, 0.2) is 0 Å². The van der Waals surface area contributed by atoms with Gasteiger partial charge in [0.1, 0.15) is 12.0 Å². The van der Waals surface area contributed by atoms with E-state index in [4.69, 9.17) is 4.74 Å². The fourth-order valence-electron chi connectivity index (χ4n) is 4.86. The Balaban J connectivity index is 1.37. The van der Waals surface area contributed by atoms with Crippen LogP contribution in [0, 0.1) is 6.92 Å². The molecule has 0 amide bonds. The lowest BCUT2D eigenvalue weighted by Gasteiger charge is -2.38. The summed E-state index contributed by atoms with van der Waals surface area (Å²) in [5.74, 6) is 1.41. The Morgan fingerprint density at radius 1 is 1.21 bits per heavy atom. The van der Waals surface area contributed by atoms with Crippen molar-refractivity contribution in [1.29, 1.82) is 0 Å². The minimum absolute atomic E-state index is 0.421. The first-order valence-electron chi connectivity index (χ1n) is 10.6. The molecule has 0 aliphatic carbocycles. The van der Waals surface area contributed by atoms with Crippen molar-refractivity contribution in [2.45, 2.75) is 31.7 Å². The van der Waals surface area contributed by atoms with Crippen LogP contribution >= 0.6 is 0 Å². The smallest absolute Gasteiger partial charge is 0.139 e. The molecule has 2 aliphatic heterocycles. The van der Waals surface area contributed by atoms with E-state index >= 15 is 0 Å². The number of carbonyl (C=O) groups is 1. The maximum Gasteiger partial charge on any atom is 0.139 e. The molecule has 2 unspecified atom stereocenters. The molecule has 5 nitrogen and oxygen atoms in total. The molecule has 0 aromatic heterocycles. The quantitative estimate of drug-likeness (QED) is 0.547. The maximum absolute atomic E-state index is 11.3. The number of likely N-dealkylation sites (tertiary alicyclic amines) is 1. The van der Waals surface area contributed by atoms with E-state index < -0.39 is 0 Å². The van der Waals surface area contributed by atoms with Crippen LogP contribution in [-0.4, -0.2) is 57.1 Å². The van der Waals surface area contributed by atoms with E-state index in [1.54, 1.807) is 0 Å². The van der Waals surface area contributed by atoms with E-state index in [0.717, 1.165) is 56.8 Å². The lowest BCUT2D eigenvalue weighted by atomic mass is 9.89. The van der Waals surface area contributed by atoms with Crippen LogP contribution in [0.1, 0.15) is 29.9 Å². The van der Waals surface area contributed by atoms with Crippen molar-refractivity contribution < 1.29 is 9.53 Å². The molecule has 1 fully saturated rings. The van der Waals surface area contributed by atoms with Crippen molar-refractivity contribution in [2.24, 2.45) is 0 Å². The van der Waals surface area contributed by atoms with Gasteiger partial charge in [-0.25, -0.2) is 0 Å². The van der Waals surface area contributed by atoms with Crippen molar-refractivity contribution in [3.63, 3.8) is 0 Å². The summed E-state index contributed by atoms with van der Waals surface area (Å²) in [5, 5.41) is 3.31. The summed E-state index contributed by atoms with van der Waals surface area (Å²) in [7, 11) is 1.96. The number of hydrogen-bond donors (Lipinski definition) is 1. The number of hydrogen-bond acceptors (Lipinski definition) is 5. The average molecular weight is 394 g/mol. The van der Waals surface area contributed by atoms with Gasteiger partial charge in [0.05, 0.1) is 24.5 Å². The topological polar surface area (TPSA) is 44.8 Å². The van der Waals surface area contributed by atoms with Gasteiger partial charge in [-0.2, -0.15) is 0 Å². The first-order chi connectivity index (χ1) is 14.2. The predicted octanol–water partition coefficient (Wildman–Crippen LogP) is 3.68. The van der Waals surface area contributed by atoms with E-state index in [1.165, 1.54) is 16.8 Å². The number of para-hydroxylation sites is 1. The largest absolute Gasteiger partial charge is 0.494 e. The van der Waals surface area contributed by atoms with Crippen molar-refractivity contribution in [3.05, 3.63) is 53.6 Å². The fraction of sp³-hybridized carbons (Fsp3) is 0.458. The molecule has 0 spiro atoms. The lowest BCUT2D eigenvalue weighted by molar-refractivity contribution is -0.106. The number of fused-ring (bicyclic) bond motifs is 3. The highest BCUT2D eigenvalue weighted by molar-refractivity contribution is 5.80. The van der Waals surface area contributed by atoms with E-state index in [2.05, 4.69) is 52.4 Å². The third kappa shape index (κ3) is 4.10. The molecule has 29 heavy (non-hydrogen) atoms. The van der Waals surface area contributed by atoms with E-state index in [0.29, 0.717) is 18.5 Å². The number of ether oxygens (including phenoxy) is 1. The molecule has 1 N–H and O–H groups in total. The number of rotatable bonds is 8. The van der Waals surface area contributed by atoms with Crippen molar-refractivity contribution in [3.8, 4) is 5.75 Å². The molecule has 4 rings (SSSR count). The molecular weight excluding hydrogens is 362 g/mol. The number of aldehydes is 1. The molecule has 0 radical (unpaired) electrons. The Kier molecular flexibility index (Phi) is 6.05. The number of nitrogens with one attached hydrogen (secondary N) is 1. The van der Waals surface area contributed by atoms with Gasteiger partial charge in [-0.3, -0.25) is 0 Å². The van der Waals surface area contributed by atoms with Gasteiger partial charge in [0.2, 0.25) is 0 Å². The van der Waals surface area contributed by atoms with Crippen molar-refractivity contribution in [2.75, 3.05) is 50.1 Å². The normalized spacial score (nSPS) is 20.8. The highest BCUT2D eigenvalue weighted by Crippen LogP contribution is 2.47. The Morgan fingerprint density at radius 2 is 2.03 bits per heavy atom. The third-order valence-electron chi connectivity index (χ3n) is 6.26. The van der Waals surface area contributed by atoms with Crippen molar-refractivity contribution >= 4 is 17.7 Å². The van der Waals surface area contributed by atoms with Crippen LogP contribution in [0.3, 0.4) is 0 Å². The summed E-state index contributed by atoms with van der Waals surface area (Å²) in [6, 6.07) is 15.1. The minimum Gasteiger partial charge on any atom is -0.494 e. The molecule has 5 heteroatoms. The van der Waals surface area contributed by atoms with Gasteiger partial charge in [-0.05, 0) is 43.5 Å². The molecule has 2 aromatic carbocycles. The predicted molar refractivity (Wildman–Crippen MR) is 118 cm³/mol. The van der Waals surface area contributed by atoms with Gasteiger partial charge < -0.3 is 24.6 Å². The zero-order chi connectivity index (χ0) is 20.2. The molecule has 0 saturated carbocycles. The molecule has 154 valence electrons. The number of carbonyl (C=O) groups excluding carboxylic acids is 1. The number of anilines is 2. The molecule has 2 heterocycles. The molecule has 1 saturated heterocycles. The van der Waals surface area contributed by atoms with Gasteiger partial charge in [-0.1, -0.05) is 29.8 Å². The van der Waals surface area contributed by atoms with E-state index in [9.17, 15) is 4.79 Å². The SMILES string of the molecule is CNc1cccc2c1N(CC=O)C1CCN(CCCOc3ccc(C)cc3)CC21. The summed E-state index contributed by atoms with van der Waals surface area (Å²) >= 11 is 0. The second-order valence-corrected chi connectivity index (χ2v) is 8.09. The highest BCUT2D eigenvalue weighted by atomic mass is 16.5. The highest BCUT2D eigenvalue weighted by Gasteiger charge is 2.42. The first kappa shape index (κ1) is 19.8. The van der Waals surface area contributed by atoms with Crippen LogP contribution in [0.25, 0.3) is 0 Å². The molecule has 2 aliphatic rings. The summed E-state index contributed by atoms with van der Waals surface area (Å²) in [5.41, 5.74) is 4.98. The molecular formula is C24H31N3O2. The van der Waals surface area contributed by atoms with Crippen LogP contribution < -0.4 is 15.0 Å². The summed E-state index contributed by atoms with van der Waals surface area (Å²) in [6.45, 7) is 6.46. The number of nitrogens with zero attached hydrogens (tertiary/aromatic N) is 2. The summed E-state index contributed by atoms with van der Waals surface area (Å²) < 4.78 is 5.89. The number of piperidine rings is 1. The molecule has 2 atom stereocenters. The Bertz CT molecular complexity index is 837. The Morgan fingerprint density at radius 3 is 2.79 bits per heavy atom. The summed E-state index contributed by atoms with van der Waals surface area (Å²) in [6.07, 6.45) is 3.15. The lowest BCUT2D eigenvalue weighted by Crippen LogP contribution is -2.47.